The summed E-state index contributed by atoms with van der Waals surface area (Å²) in [7, 11) is 0. The summed E-state index contributed by atoms with van der Waals surface area (Å²) in [6.07, 6.45) is 1.40. The van der Waals surface area contributed by atoms with Gasteiger partial charge in [-0.25, -0.2) is 0 Å². The van der Waals surface area contributed by atoms with Crippen molar-refractivity contribution in [1.29, 1.82) is 5.26 Å². The van der Waals surface area contributed by atoms with E-state index in [0.29, 0.717) is 29.7 Å². The van der Waals surface area contributed by atoms with E-state index in [1.807, 2.05) is 6.07 Å². The van der Waals surface area contributed by atoms with Gasteiger partial charge >= 0.3 is 0 Å². The molecule has 1 amide bonds. The van der Waals surface area contributed by atoms with Crippen LogP contribution in [0.1, 0.15) is 39.1 Å². The standard InChI is InChI=1S/C19H16N2O3/c20-12-13-3-5-15(6-4-13)19(24)21-11-1-2-17(21)18(23)14-7-9-16(22)10-8-14/h3-10,17,22H,1-2,11H2. The Hall–Kier alpha value is -3.13. The second kappa shape index (κ2) is 6.55. The number of carbonyl (C=O) groups excluding carboxylic acids is 2. The average molecular weight is 320 g/mol. The van der Waals surface area contributed by atoms with E-state index in [0.717, 1.165) is 6.42 Å². The monoisotopic (exact) mass is 320 g/mol. The predicted octanol–water partition coefficient (Wildman–Crippen LogP) is 2.75. The molecule has 1 atom stereocenters. The Morgan fingerprint density at radius 2 is 1.67 bits per heavy atom. The van der Waals surface area contributed by atoms with E-state index < -0.39 is 6.04 Å². The zero-order valence-electron chi connectivity index (χ0n) is 13.0. The fourth-order valence-electron chi connectivity index (χ4n) is 2.95. The number of nitrogens with zero attached hydrogens (tertiary/aromatic N) is 2. The Balaban J connectivity index is 1.81. The van der Waals surface area contributed by atoms with Crippen molar-refractivity contribution in [1.82, 2.24) is 4.90 Å². The summed E-state index contributed by atoms with van der Waals surface area (Å²) in [4.78, 5) is 27.0. The van der Waals surface area contributed by atoms with Gasteiger partial charge in [0, 0.05) is 17.7 Å². The van der Waals surface area contributed by atoms with Gasteiger partial charge in [0.25, 0.3) is 5.91 Å². The number of rotatable bonds is 3. The number of amides is 1. The lowest BCUT2D eigenvalue weighted by Gasteiger charge is -2.24. The molecule has 24 heavy (non-hydrogen) atoms. The van der Waals surface area contributed by atoms with Crippen molar-refractivity contribution in [2.45, 2.75) is 18.9 Å². The Kier molecular flexibility index (Phi) is 4.30. The van der Waals surface area contributed by atoms with Crippen molar-refractivity contribution < 1.29 is 14.7 Å². The highest BCUT2D eigenvalue weighted by molar-refractivity contribution is 6.04. The maximum Gasteiger partial charge on any atom is 0.254 e. The zero-order chi connectivity index (χ0) is 17.1. The third kappa shape index (κ3) is 2.99. The van der Waals surface area contributed by atoms with E-state index >= 15 is 0 Å². The van der Waals surface area contributed by atoms with Crippen LogP contribution in [-0.2, 0) is 0 Å². The number of carbonyl (C=O) groups is 2. The van der Waals surface area contributed by atoms with Crippen molar-refractivity contribution in [3.05, 3.63) is 65.2 Å². The summed E-state index contributed by atoms with van der Waals surface area (Å²) in [6, 6.07) is 14.0. The van der Waals surface area contributed by atoms with Crippen LogP contribution in [0.3, 0.4) is 0 Å². The molecule has 5 heteroatoms. The first-order chi connectivity index (χ1) is 11.6. The van der Waals surface area contributed by atoms with Crippen molar-refractivity contribution in [3.63, 3.8) is 0 Å². The van der Waals surface area contributed by atoms with Crippen LogP contribution in [0.5, 0.6) is 5.75 Å². The topological polar surface area (TPSA) is 81.4 Å². The second-order valence-electron chi connectivity index (χ2n) is 5.76. The minimum Gasteiger partial charge on any atom is -0.508 e. The van der Waals surface area contributed by atoms with Crippen molar-refractivity contribution in [3.8, 4) is 11.8 Å². The molecule has 120 valence electrons. The molecule has 2 aromatic rings. The zero-order valence-corrected chi connectivity index (χ0v) is 13.0. The highest BCUT2D eigenvalue weighted by Gasteiger charge is 2.34. The molecule has 3 rings (SSSR count). The fourth-order valence-corrected chi connectivity index (χ4v) is 2.95. The number of Topliss-reactive ketones (excluding diaryl/α,β-unsaturated/α-hetero) is 1. The number of benzene rings is 2. The third-order valence-corrected chi connectivity index (χ3v) is 4.23. The lowest BCUT2D eigenvalue weighted by molar-refractivity contribution is 0.0671. The normalized spacial score (nSPS) is 16.6. The van der Waals surface area contributed by atoms with Gasteiger partial charge in [0.15, 0.2) is 5.78 Å². The maximum atomic E-state index is 12.7. The minimum atomic E-state index is -0.488. The Labute approximate surface area is 139 Å². The largest absolute Gasteiger partial charge is 0.508 e. The Morgan fingerprint density at radius 1 is 1.04 bits per heavy atom. The first kappa shape index (κ1) is 15.8. The lowest BCUT2D eigenvalue weighted by Crippen LogP contribution is -2.40. The van der Waals surface area contributed by atoms with Gasteiger partial charge in [0.1, 0.15) is 5.75 Å². The molecule has 2 aromatic carbocycles. The van der Waals surface area contributed by atoms with Crippen LogP contribution in [0, 0.1) is 11.3 Å². The highest BCUT2D eigenvalue weighted by atomic mass is 16.3. The van der Waals surface area contributed by atoms with Crippen LogP contribution in [0.4, 0.5) is 0 Å². The summed E-state index contributed by atoms with van der Waals surface area (Å²) < 4.78 is 0. The highest BCUT2D eigenvalue weighted by Crippen LogP contribution is 2.24. The summed E-state index contributed by atoms with van der Waals surface area (Å²) in [5, 5.41) is 18.2. The lowest BCUT2D eigenvalue weighted by atomic mass is 10.0. The number of phenols is 1. The number of likely N-dealkylation sites (tertiary alicyclic amines) is 1. The van der Waals surface area contributed by atoms with Crippen LogP contribution in [0.25, 0.3) is 0 Å². The number of ketones is 1. The van der Waals surface area contributed by atoms with E-state index in [1.165, 1.54) is 12.1 Å². The summed E-state index contributed by atoms with van der Waals surface area (Å²) in [5.74, 6) is -0.216. The van der Waals surface area contributed by atoms with E-state index in [4.69, 9.17) is 5.26 Å². The minimum absolute atomic E-state index is 0.100. The number of hydrogen-bond donors (Lipinski definition) is 1. The fraction of sp³-hybridized carbons (Fsp3) is 0.211. The quantitative estimate of drug-likeness (QED) is 0.882. The van der Waals surface area contributed by atoms with E-state index in [9.17, 15) is 14.7 Å². The molecule has 0 radical (unpaired) electrons. The molecule has 1 saturated heterocycles. The van der Waals surface area contributed by atoms with Gasteiger partial charge in [-0.3, -0.25) is 9.59 Å². The van der Waals surface area contributed by atoms with Crippen LogP contribution in [0.2, 0.25) is 0 Å². The Morgan fingerprint density at radius 3 is 2.29 bits per heavy atom. The number of aromatic hydroxyl groups is 1. The van der Waals surface area contributed by atoms with Crippen LogP contribution < -0.4 is 0 Å². The average Bonchev–Trinajstić information content (AvgIpc) is 3.11. The molecule has 1 aliphatic heterocycles. The van der Waals surface area contributed by atoms with Gasteiger partial charge in [0.2, 0.25) is 0 Å². The summed E-state index contributed by atoms with van der Waals surface area (Å²) in [5.41, 5.74) is 1.45. The van der Waals surface area contributed by atoms with Gasteiger partial charge in [-0.05, 0) is 61.4 Å². The van der Waals surface area contributed by atoms with Crippen LogP contribution >= 0.6 is 0 Å². The summed E-state index contributed by atoms with van der Waals surface area (Å²) >= 11 is 0. The van der Waals surface area contributed by atoms with Crippen molar-refractivity contribution in [2.75, 3.05) is 6.54 Å². The molecule has 0 aliphatic carbocycles. The molecule has 1 aliphatic rings. The first-order valence-corrected chi connectivity index (χ1v) is 7.74. The van der Waals surface area contributed by atoms with Gasteiger partial charge in [-0.2, -0.15) is 5.26 Å². The maximum absolute atomic E-state index is 12.7. The molecule has 0 aromatic heterocycles. The van der Waals surface area contributed by atoms with Crippen molar-refractivity contribution in [2.24, 2.45) is 0 Å². The van der Waals surface area contributed by atoms with Gasteiger partial charge in [-0.1, -0.05) is 0 Å². The molecule has 0 spiro atoms. The molecule has 5 nitrogen and oxygen atoms in total. The molecular weight excluding hydrogens is 304 g/mol. The van der Waals surface area contributed by atoms with E-state index in [2.05, 4.69) is 0 Å². The third-order valence-electron chi connectivity index (χ3n) is 4.23. The molecule has 0 bridgehead atoms. The number of phenolic OH excluding ortho intramolecular Hbond substituents is 1. The Bertz CT molecular complexity index is 804. The van der Waals surface area contributed by atoms with Gasteiger partial charge in [-0.15, -0.1) is 0 Å². The van der Waals surface area contributed by atoms with E-state index in [-0.39, 0.29) is 17.4 Å². The SMILES string of the molecule is N#Cc1ccc(C(=O)N2CCCC2C(=O)c2ccc(O)cc2)cc1. The van der Waals surface area contributed by atoms with Crippen LogP contribution in [-0.4, -0.2) is 34.3 Å². The van der Waals surface area contributed by atoms with E-state index in [1.54, 1.807) is 41.3 Å². The van der Waals surface area contributed by atoms with Gasteiger partial charge < -0.3 is 10.0 Å². The second-order valence-corrected chi connectivity index (χ2v) is 5.76. The van der Waals surface area contributed by atoms with Crippen molar-refractivity contribution >= 4 is 11.7 Å². The van der Waals surface area contributed by atoms with Crippen LogP contribution in [0.15, 0.2) is 48.5 Å². The molecular formula is C19H16N2O3. The molecule has 1 N–H and O–H groups in total. The molecule has 1 fully saturated rings. The number of nitriles is 1. The first-order valence-electron chi connectivity index (χ1n) is 7.74. The predicted molar refractivity (Wildman–Crippen MR) is 87.7 cm³/mol. The molecule has 0 saturated carbocycles. The number of hydrogen-bond acceptors (Lipinski definition) is 4. The molecule has 1 heterocycles. The smallest absolute Gasteiger partial charge is 0.254 e. The van der Waals surface area contributed by atoms with Gasteiger partial charge in [0.05, 0.1) is 17.7 Å². The molecule has 1 unspecified atom stereocenters. The summed E-state index contributed by atoms with van der Waals surface area (Å²) in [6.45, 7) is 0.535.